The van der Waals surface area contributed by atoms with Crippen molar-refractivity contribution in [1.82, 2.24) is 5.32 Å². The number of amides is 1. The summed E-state index contributed by atoms with van der Waals surface area (Å²) in [5, 5.41) is 11.1. The number of rotatable bonds is 3. The molecule has 1 amide bonds. The zero-order valence-corrected chi connectivity index (χ0v) is 3.29. The molecule has 0 aliphatic carbocycles. The average molecular weight is 88.1 g/mol. The van der Waals surface area contributed by atoms with E-state index in [0.717, 1.165) is 0 Å². The molecule has 0 unspecified atom stereocenters. The van der Waals surface area contributed by atoms with Crippen LogP contribution in [0, 0.1) is 0 Å². The van der Waals surface area contributed by atoms with Gasteiger partial charge in [0.25, 0.3) is 0 Å². The molecule has 0 fully saturated rings. The Morgan fingerprint density at radius 1 is 1.83 bits per heavy atom. The third kappa shape index (κ3) is 3.43. The van der Waals surface area contributed by atoms with Gasteiger partial charge in [0.1, 0.15) is 0 Å². The van der Waals surface area contributed by atoms with Gasteiger partial charge in [0.05, 0.1) is 13.2 Å². The van der Waals surface area contributed by atoms with Gasteiger partial charge in [-0.2, -0.15) is 0 Å². The molecule has 0 aromatic carbocycles. The zero-order chi connectivity index (χ0) is 4.83. The lowest BCUT2D eigenvalue weighted by Crippen LogP contribution is -2.06. The summed E-state index contributed by atoms with van der Waals surface area (Å²) in [6, 6.07) is 0. The summed E-state index contributed by atoms with van der Waals surface area (Å²) < 4.78 is 0. The predicted molar refractivity (Wildman–Crippen MR) is 20.2 cm³/mol. The van der Waals surface area contributed by atoms with Gasteiger partial charge in [-0.3, -0.25) is 10.1 Å². The molecule has 0 spiro atoms. The van der Waals surface area contributed by atoms with Crippen molar-refractivity contribution in [2.24, 2.45) is 0 Å². The maximum absolute atomic E-state index is 9.29. The van der Waals surface area contributed by atoms with Gasteiger partial charge in [-0.1, -0.05) is 0 Å². The number of aliphatic hydroxyl groups is 1. The molecule has 1 radical (unpaired) electrons. The Bertz CT molecular complexity index is 37.8. The molecule has 0 atom stereocenters. The van der Waals surface area contributed by atoms with Gasteiger partial charge in [0, 0.05) is 0 Å². The van der Waals surface area contributed by atoms with Crippen LogP contribution < -0.4 is 5.32 Å². The third-order valence-electron chi connectivity index (χ3n) is 0.304. The molecule has 3 nitrogen and oxygen atoms in total. The first kappa shape index (κ1) is 5.43. The van der Waals surface area contributed by atoms with E-state index in [1.54, 1.807) is 0 Å². The van der Waals surface area contributed by atoms with E-state index in [0.29, 0.717) is 6.41 Å². The molecule has 0 aliphatic heterocycles. The molecule has 0 heterocycles. The molecular weight excluding hydrogens is 82.0 g/mol. The Balaban J connectivity index is 2.49. The Kier molecular flexibility index (Phi) is 4.01. The summed E-state index contributed by atoms with van der Waals surface area (Å²) in [6.45, 7) is 0.183. The molecule has 0 aromatic rings. The van der Waals surface area contributed by atoms with Crippen LogP contribution in [0.1, 0.15) is 0 Å². The van der Waals surface area contributed by atoms with Crippen LogP contribution >= 0.6 is 0 Å². The molecule has 6 heavy (non-hydrogen) atoms. The molecule has 0 aliphatic rings. The molecular formula is C3H6NO2. The van der Waals surface area contributed by atoms with E-state index in [-0.39, 0.29) is 13.2 Å². The van der Waals surface area contributed by atoms with Gasteiger partial charge in [-0.15, -0.1) is 0 Å². The van der Waals surface area contributed by atoms with Crippen LogP contribution in [0.3, 0.4) is 0 Å². The van der Waals surface area contributed by atoms with E-state index in [1.165, 1.54) is 0 Å². The second-order valence-corrected chi connectivity index (χ2v) is 0.735. The fourth-order valence-corrected chi connectivity index (χ4v) is 0.110. The van der Waals surface area contributed by atoms with E-state index < -0.39 is 0 Å². The monoisotopic (exact) mass is 88.0 g/mol. The van der Waals surface area contributed by atoms with E-state index in [9.17, 15) is 4.79 Å². The van der Waals surface area contributed by atoms with Crippen molar-refractivity contribution in [2.75, 3.05) is 13.2 Å². The summed E-state index contributed by atoms with van der Waals surface area (Å²) in [7, 11) is 0. The summed E-state index contributed by atoms with van der Waals surface area (Å²) in [6.07, 6.45) is 0.427. The Morgan fingerprint density at radius 2 is 2.50 bits per heavy atom. The lowest BCUT2D eigenvalue weighted by atomic mass is 10.7. The van der Waals surface area contributed by atoms with Gasteiger partial charge >= 0.3 is 0 Å². The number of hydrogen-bond acceptors (Lipinski definition) is 2. The first-order valence-corrected chi connectivity index (χ1v) is 1.63. The summed E-state index contributed by atoms with van der Waals surface area (Å²) in [5.74, 6) is 0. The minimum absolute atomic E-state index is 0.0429. The minimum atomic E-state index is -0.0429. The first-order valence-electron chi connectivity index (χ1n) is 1.63. The smallest absolute Gasteiger partial charge is 0.228 e. The van der Waals surface area contributed by atoms with Crippen molar-refractivity contribution < 1.29 is 9.90 Å². The van der Waals surface area contributed by atoms with Crippen LogP contribution in [0.5, 0.6) is 0 Å². The van der Waals surface area contributed by atoms with Crippen LogP contribution in [-0.4, -0.2) is 24.7 Å². The largest absolute Gasteiger partial charge is 0.394 e. The van der Waals surface area contributed by atoms with Crippen LogP contribution in [0.15, 0.2) is 0 Å². The second-order valence-electron chi connectivity index (χ2n) is 0.735. The molecule has 0 aromatic heterocycles. The highest BCUT2D eigenvalue weighted by Gasteiger charge is 1.74. The number of aliphatic hydroxyl groups excluding tert-OH is 1. The van der Waals surface area contributed by atoms with E-state index >= 15 is 0 Å². The first-order chi connectivity index (χ1) is 2.91. The summed E-state index contributed by atoms with van der Waals surface area (Å²) in [5.41, 5.74) is 0. The third-order valence-corrected chi connectivity index (χ3v) is 0.304. The van der Waals surface area contributed by atoms with E-state index in [1.807, 2.05) is 0 Å². The average Bonchev–Trinajstić information content (AvgIpc) is 1.61. The van der Waals surface area contributed by atoms with Crippen molar-refractivity contribution >= 4 is 6.41 Å². The van der Waals surface area contributed by atoms with E-state index in [4.69, 9.17) is 5.11 Å². The minimum Gasteiger partial charge on any atom is -0.394 e. The standard InChI is InChI=1S/C3H6NO2/c5-2-1-4-3-6/h3,5H,1-2H2. The quantitative estimate of drug-likeness (QED) is 0.346. The molecule has 3 heteroatoms. The topological polar surface area (TPSA) is 51.4 Å². The number of nitrogens with zero attached hydrogens (tertiary/aromatic N) is 1. The highest BCUT2D eigenvalue weighted by molar-refractivity contribution is 5.45. The van der Waals surface area contributed by atoms with Crippen molar-refractivity contribution in [3.8, 4) is 0 Å². The van der Waals surface area contributed by atoms with Gasteiger partial charge in [-0.25, -0.2) is 0 Å². The van der Waals surface area contributed by atoms with Crippen LogP contribution in [0.2, 0.25) is 0 Å². The number of carbonyl (C=O) groups excluding carboxylic acids is 1. The van der Waals surface area contributed by atoms with E-state index in [2.05, 4.69) is 5.32 Å². The summed E-state index contributed by atoms with van der Waals surface area (Å²) >= 11 is 0. The summed E-state index contributed by atoms with van der Waals surface area (Å²) in [4.78, 5) is 9.29. The van der Waals surface area contributed by atoms with Crippen LogP contribution in [-0.2, 0) is 4.79 Å². The Morgan fingerprint density at radius 3 is 2.67 bits per heavy atom. The predicted octanol–water partition coefficient (Wildman–Crippen LogP) is -1.26. The van der Waals surface area contributed by atoms with Crippen LogP contribution in [0.25, 0.3) is 0 Å². The molecule has 1 N–H and O–H groups in total. The number of hydrogen-bond donors (Lipinski definition) is 1. The fourth-order valence-electron chi connectivity index (χ4n) is 0.110. The zero-order valence-electron chi connectivity index (χ0n) is 3.29. The lowest BCUT2D eigenvalue weighted by Gasteiger charge is -1.81. The van der Waals surface area contributed by atoms with Gasteiger partial charge < -0.3 is 5.11 Å². The number of carbonyl (C=O) groups is 1. The highest BCUT2D eigenvalue weighted by Crippen LogP contribution is 1.48. The van der Waals surface area contributed by atoms with Crippen molar-refractivity contribution in [3.05, 3.63) is 0 Å². The normalized spacial score (nSPS) is 7.50. The lowest BCUT2D eigenvalue weighted by molar-refractivity contribution is -0.109. The SMILES string of the molecule is O=C[N]CCO. The molecule has 35 valence electrons. The maximum Gasteiger partial charge on any atom is 0.228 e. The molecule has 0 saturated heterocycles. The molecule has 0 saturated carbocycles. The molecule has 0 rings (SSSR count). The van der Waals surface area contributed by atoms with Crippen molar-refractivity contribution in [1.29, 1.82) is 0 Å². The fraction of sp³-hybridized carbons (Fsp3) is 0.667. The van der Waals surface area contributed by atoms with Gasteiger partial charge in [-0.05, 0) is 0 Å². The van der Waals surface area contributed by atoms with Gasteiger partial charge in [0.15, 0.2) is 0 Å². The Labute approximate surface area is 36.0 Å². The Hall–Kier alpha value is -0.570. The highest BCUT2D eigenvalue weighted by atomic mass is 16.3. The van der Waals surface area contributed by atoms with Crippen molar-refractivity contribution in [2.45, 2.75) is 0 Å². The second kappa shape index (κ2) is 4.43. The van der Waals surface area contributed by atoms with Crippen molar-refractivity contribution in [3.63, 3.8) is 0 Å². The maximum atomic E-state index is 9.29. The van der Waals surface area contributed by atoms with Crippen LogP contribution in [0.4, 0.5) is 0 Å². The molecule has 0 bridgehead atoms. The van der Waals surface area contributed by atoms with Gasteiger partial charge in [0.2, 0.25) is 6.41 Å².